The van der Waals surface area contributed by atoms with Gasteiger partial charge < -0.3 is 5.32 Å². The zero-order chi connectivity index (χ0) is 10.2. The van der Waals surface area contributed by atoms with Gasteiger partial charge in [-0.2, -0.15) is 9.78 Å². The van der Waals surface area contributed by atoms with Crippen LogP contribution in [0.5, 0.6) is 0 Å². The molecule has 14 heavy (non-hydrogen) atoms. The molecule has 0 bridgehead atoms. The van der Waals surface area contributed by atoms with E-state index >= 15 is 0 Å². The Bertz CT molecular complexity index is 256. The molecule has 0 unspecified atom stereocenters. The van der Waals surface area contributed by atoms with E-state index in [-0.39, 0.29) is 6.03 Å². The van der Waals surface area contributed by atoms with Gasteiger partial charge >= 0.3 is 6.03 Å². The van der Waals surface area contributed by atoms with Crippen LogP contribution in [0, 0.1) is 0 Å². The fourth-order valence-corrected chi connectivity index (χ4v) is 1.22. The van der Waals surface area contributed by atoms with Crippen molar-refractivity contribution in [3.05, 3.63) is 18.5 Å². The van der Waals surface area contributed by atoms with Crippen molar-refractivity contribution in [1.29, 1.82) is 0 Å². The molecule has 1 aromatic heterocycles. The number of amides is 1. The van der Waals surface area contributed by atoms with Gasteiger partial charge in [0.1, 0.15) is 0 Å². The van der Waals surface area contributed by atoms with Gasteiger partial charge in [-0.15, -0.1) is 0 Å². The summed E-state index contributed by atoms with van der Waals surface area (Å²) in [7, 11) is 0. The Balaban J connectivity index is 2.10. The number of rotatable bonds is 5. The number of carbonyl (C=O) groups excluding carboxylic acids is 1. The van der Waals surface area contributed by atoms with E-state index in [1.54, 1.807) is 18.5 Å². The van der Waals surface area contributed by atoms with E-state index in [0.717, 1.165) is 13.0 Å². The van der Waals surface area contributed by atoms with Crippen LogP contribution in [0.15, 0.2) is 18.5 Å². The number of nitrogens with zero attached hydrogens (tertiary/aromatic N) is 2. The summed E-state index contributed by atoms with van der Waals surface area (Å²) in [5.74, 6) is 0. The highest BCUT2D eigenvalue weighted by molar-refractivity contribution is 5.75. The largest absolute Gasteiger partial charge is 0.342 e. The summed E-state index contributed by atoms with van der Waals surface area (Å²) in [6.45, 7) is 2.90. The molecule has 0 spiro atoms. The standard InChI is InChI=1S/C10H17N3O/c1-2-3-4-5-7-11-10(14)13-9-6-8-12-13/h6,8-9H,2-5,7H2,1H3,(H,11,14). The topological polar surface area (TPSA) is 46.9 Å². The molecule has 0 radical (unpaired) electrons. The summed E-state index contributed by atoms with van der Waals surface area (Å²) in [5.41, 5.74) is 0. The second-order valence-electron chi connectivity index (χ2n) is 3.24. The Labute approximate surface area is 84.3 Å². The van der Waals surface area contributed by atoms with Crippen LogP contribution in [0.1, 0.15) is 32.6 Å². The van der Waals surface area contributed by atoms with E-state index in [1.165, 1.54) is 23.9 Å². The first-order valence-corrected chi connectivity index (χ1v) is 5.12. The summed E-state index contributed by atoms with van der Waals surface area (Å²) >= 11 is 0. The summed E-state index contributed by atoms with van der Waals surface area (Å²) in [4.78, 5) is 11.3. The lowest BCUT2D eigenvalue weighted by atomic mass is 10.2. The monoisotopic (exact) mass is 195 g/mol. The van der Waals surface area contributed by atoms with E-state index < -0.39 is 0 Å². The van der Waals surface area contributed by atoms with Gasteiger partial charge in [0, 0.05) is 18.9 Å². The number of carbonyl (C=O) groups is 1. The van der Waals surface area contributed by atoms with Gasteiger partial charge in [0.05, 0.1) is 0 Å². The molecular weight excluding hydrogens is 178 g/mol. The third kappa shape index (κ3) is 3.60. The lowest BCUT2D eigenvalue weighted by Gasteiger charge is -2.03. The number of aromatic nitrogens is 2. The van der Waals surface area contributed by atoms with Crippen molar-refractivity contribution < 1.29 is 4.79 Å². The second kappa shape index (κ2) is 6.18. The second-order valence-corrected chi connectivity index (χ2v) is 3.24. The van der Waals surface area contributed by atoms with E-state index in [1.807, 2.05) is 0 Å². The smallest absolute Gasteiger partial charge is 0.336 e. The molecule has 0 aliphatic rings. The van der Waals surface area contributed by atoms with Crippen LogP contribution in [0.2, 0.25) is 0 Å². The van der Waals surface area contributed by atoms with E-state index in [4.69, 9.17) is 0 Å². The maximum absolute atomic E-state index is 11.3. The quantitative estimate of drug-likeness (QED) is 0.731. The highest BCUT2D eigenvalue weighted by atomic mass is 16.2. The summed E-state index contributed by atoms with van der Waals surface area (Å²) < 4.78 is 1.31. The predicted octanol–water partition coefficient (Wildman–Crippen LogP) is 2.02. The maximum Gasteiger partial charge on any atom is 0.342 e. The molecule has 0 aliphatic carbocycles. The minimum absolute atomic E-state index is 0.147. The number of unbranched alkanes of at least 4 members (excludes halogenated alkanes) is 3. The molecule has 1 heterocycles. The third-order valence-electron chi connectivity index (χ3n) is 2.02. The van der Waals surface area contributed by atoms with Crippen molar-refractivity contribution in [1.82, 2.24) is 15.1 Å². The molecule has 0 fully saturated rings. The molecule has 0 saturated heterocycles. The van der Waals surface area contributed by atoms with Crippen LogP contribution in [-0.4, -0.2) is 22.4 Å². The zero-order valence-corrected chi connectivity index (χ0v) is 8.57. The minimum atomic E-state index is -0.147. The fourth-order valence-electron chi connectivity index (χ4n) is 1.22. The summed E-state index contributed by atoms with van der Waals surface area (Å²) in [5, 5.41) is 6.64. The van der Waals surface area contributed by atoms with Gasteiger partial charge in [-0.25, -0.2) is 4.79 Å². The molecule has 0 saturated carbocycles. The van der Waals surface area contributed by atoms with Crippen molar-refractivity contribution >= 4 is 6.03 Å². The number of nitrogens with one attached hydrogen (secondary N) is 1. The number of hydrogen-bond acceptors (Lipinski definition) is 2. The average molecular weight is 195 g/mol. The normalized spacial score (nSPS) is 10.1. The van der Waals surface area contributed by atoms with Crippen LogP contribution >= 0.6 is 0 Å². The van der Waals surface area contributed by atoms with Gasteiger partial charge in [0.15, 0.2) is 0 Å². The average Bonchev–Trinajstić information content (AvgIpc) is 2.70. The van der Waals surface area contributed by atoms with Crippen molar-refractivity contribution in [3.8, 4) is 0 Å². The van der Waals surface area contributed by atoms with E-state index in [9.17, 15) is 4.79 Å². The van der Waals surface area contributed by atoms with Crippen LogP contribution in [-0.2, 0) is 0 Å². The fraction of sp³-hybridized carbons (Fsp3) is 0.600. The maximum atomic E-state index is 11.3. The lowest BCUT2D eigenvalue weighted by Crippen LogP contribution is -2.29. The van der Waals surface area contributed by atoms with Gasteiger partial charge in [-0.1, -0.05) is 26.2 Å². The molecule has 4 heteroatoms. The van der Waals surface area contributed by atoms with Gasteiger partial charge in [-0.3, -0.25) is 0 Å². The van der Waals surface area contributed by atoms with Crippen molar-refractivity contribution in [2.45, 2.75) is 32.6 Å². The van der Waals surface area contributed by atoms with Crippen LogP contribution < -0.4 is 5.32 Å². The molecule has 4 nitrogen and oxygen atoms in total. The Morgan fingerprint density at radius 1 is 1.43 bits per heavy atom. The van der Waals surface area contributed by atoms with E-state index in [0.29, 0.717) is 0 Å². The lowest BCUT2D eigenvalue weighted by molar-refractivity contribution is 0.239. The Morgan fingerprint density at radius 3 is 2.93 bits per heavy atom. The molecule has 0 aromatic carbocycles. The minimum Gasteiger partial charge on any atom is -0.336 e. The molecule has 1 aromatic rings. The Kier molecular flexibility index (Phi) is 4.75. The van der Waals surface area contributed by atoms with Crippen molar-refractivity contribution in [2.75, 3.05) is 6.54 Å². The molecule has 0 aliphatic heterocycles. The first-order chi connectivity index (χ1) is 6.84. The Hall–Kier alpha value is -1.32. The number of hydrogen-bond donors (Lipinski definition) is 1. The highest BCUT2D eigenvalue weighted by Crippen LogP contribution is 1.97. The van der Waals surface area contributed by atoms with Gasteiger partial charge in [0.25, 0.3) is 0 Å². The first kappa shape index (κ1) is 10.8. The third-order valence-corrected chi connectivity index (χ3v) is 2.02. The zero-order valence-electron chi connectivity index (χ0n) is 8.57. The molecule has 1 rings (SSSR count). The predicted molar refractivity (Wildman–Crippen MR) is 55.2 cm³/mol. The molecule has 1 N–H and O–H groups in total. The van der Waals surface area contributed by atoms with Crippen LogP contribution in [0.25, 0.3) is 0 Å². The van der Waals surface area contributed by atoms with Gasteiger partial charge in [0.2, 0.25) is 0 Å². The summed E-state index contributed by atoms with van der Waals surface area (Å²) in [6.07, 6.45) is 7.90. The van der Waals surface area contributed by atoms with Gasteiger partial charge in [-0.05, 0) is 12.5 Å². The van der Waals surface area contributed by atoms with Crippen molar-refractivity contribution in [3.63, 3.8) is 0 Å². The molecule has 78 valence electrons. The SMILES string of the molecule is CCCCCCNC(=O)n1cccn1. The van der Waals surface area contributed by atoms with Crippen LogP contribution in [0.4, 0.5) is 4.79 Å². The van der Waals surface area contributed by atoms with E-state index in [2.05, 4.69) is 17.3 Å². The van der Waals surface area contributed by atoms with Crippen molar-refractivity contribution in [2.24, 2.45) is 0 Å². The first-order valence-electron chi connectivity index (χ1n) is 5.12. The molecular formula is C10H17N3O. The highest BCUT2D eigenvalue weighted by Gasteiger charge is 2.01. The molecule has 0 atom stereocenters. The summed E-state index contributed by atoms with van der Waals surface area (Å²) in [6, 6.07) is 1.59. The Morgan fingerprint density at radius 2 is 2.29 bits per heavy atom. The van der Waals surface area contributed by atoms with Crippen LogP contribution in [0.3, 0.4) is 0 Å². The molecule has 1 amide bonds.